The number of alkyl halides is 3. The number of nitrogens with one attached hydrogen (secondary N) is 2. The second-order valence-corrected chi connectivity index (χ2v) is 7.42. The zero-order valence-electron chi connectivity index (χ0n) is 18.2. The molecule has 0 radical (unpaired) electrons. The maximum Gasteiger partial charge on any atom is 0.416 e. The van der Waals surface area contributed by atoms with Crippen LogP contribution in [0.2, 0.25) is 0 Å². The van der Waals surface area contributed by atoms with E-state index in [2.05, 4.69) is 25.5 Å². The summed E-state index contributed by atoms with van der Waals surface area (Å²) in [6, 6.07) is 10.5. The third-order valence-electron chi connectivity index (χ3n) is 5.12. The number of nitrogens with zero attached hydrogens (tertiary/aromatic N) is 3. The molecule has 2 heterocycles. The molecule has 0 aliphatic carbocycles. The molecule has 8 nitrogen and oxygen atoms in total. The van der Waals surface area contributed by atoms with Crippen molar-refractivity contribution in [1.29, 1.82) is 0 Å². The van der Waals surface area contributed by atoms with Crippen molar-refractivity contribution < 1.29 is 27.4 Å². The summed E-state index contributed by atoms with van der Waals surface area (Å²) in [4.78, 5) is 23.3. The molecule has 1 aliphatic heterocycles. The van der Waals surface area contributed by atoms with Crippen molar-refractivity contribution in [2.75, 3.05) is 48.9 Å². The number of hydrogen-bond donors (Lipinski definition) is 2. The summed E-state index contributed by atoms with van der Waals surface area (Å²) in [5.41, 5.74) is 0.368. The van der Waals surface area contributed by atoms with Gasteiger partial charge in [-0.2, -0.15) is 13.2 Å². The normalized spacial score (nSPS) is 13.9. The number of carbonyl (C=O) groups excluding carboxylic acids is 1. The van der Waals surface area contributed by atoms with Crippen molar-refractivity contribution >= 4 is 23.2 Å². The zero-order valence-corrected chi connectivity index (χ0v) is 18.2. The molecule has 11 heteroatoms. The predicted molar refractivity (Wildman–Crippen MR) is 121 cm³/mol. The van der Waals surface area contributed by atoms with E-state index in [1.807, 2.05) is 0 Å². The Bertz CT molecular complexity index is 1150. The second kappa shape index (κ2) is 9.96. The molecule has 1 fully saturated rings. The Morgan fingerprint density at radius 1 is 1.06 bits per heavy atom. The van der Waals surface area contributed by atoms with Crippen LogP contribution < -0.4 is 20.3 Å². The van der Waals surface area contributed by atoms with Gasteiger partial charge in [-0.1, -0.05) is 6.07 Å². The molecule has 0 saturated carbocycles. The van der Waals surface area contributed by atoms with Gasteiger partial charge in [0.15, 0.2) is 17.4 Å². The molecule has 3 aromatic rings. The van der Waals surface area contributed by atoms with Crippen molar-refractivity contribution in [2.45, 2.75) is 6.18 Å². The van der Waals surface area contributed by atoms with Crippen LogP contribution in [0.15, 0.2) is 54.7 Å². The first-order valence-corrected chi connectivity index (χ1v) is 10.4. The first kappa shape index (κ1) is 23.3. The van der Waals surface area contributed by atoms with Crippen LogP contribution in [0, 0.1) is 0 Å². The first-order valence-electron chi connectivity index (χ1n) is 10.4. The molecular formula is C23H22F3N5O3. The molecule has 1 saturated heterocycles. The number of halogens is 3. The van der Waals surface area contributed by atoms with Gasteiger partial charge >= 0.3 is 12.2 Å². The Labute approximate surface area is 193 Å². The van der Waals surface area contributed by atoms with Gasteiger partial charge in [0.05, 0.1) is 32.1 Å². The Hall–Kier alpha value is -3.86. The number of ether oxygens (including phenoxy) is 2. The molecule has 2 amide bonds. The van der Waals surface area contributed by atoms with E-state index in [1.54, 1.807) is 37.6 Å². The van der Waals surface area contributed by atoms with Crippen molar-refractivity contribution in [3.8, 4) is 17.1 Å². The number of benzene rings is 2. The zero-order chi connectivity index (χ0) is 24.1. The van der Waals surface area contributed by atoms with Gasteiger partial charge in [0.25, 0.3) is 0 Å². The van der Waals surface area contributed by atoms with Gasteiger partial charge in [-0.05, 0) is 42.5 Å². The molecule has 0 unspecified atom stereocenters. The fourth-order valence-corrected chi connectivity index (χ4v) is 3.42. The van der Waals surface area contributed by atoms with Crippen LogP contribution in [0.3, 0.4) is 0 Å². The van der Waals surface area contributed by atoms with E-state index in [9.17, 15) is 18.0 Å². The average Bonchev–Trinajstić information content (AvgIpc) is 2.84. The van der Waals surface area contributed by atoms with Crippen molar-refractivity contribution in [1.82, 2.24) is 9.97 Å². The fourth-order valence-electron chi connectivity index (χ4n) is 3.42. The number of urea groups is 1. The molecule has 0 bridgehead atoms. The highest BCUT2D eigenvalue weighted by Gasteiger charge is 2.30. The minimum Gasteiger partial charge on any atom is -0.491 e. The summed E-state index contributed by atoms with van der Waals surface area (Å²) < 4.78 is 49.3. The van der Waals surface area contributed by atoms with E-state index in [1.165, 1.54) is 12.1 Å². The molecule has 4 rings (SSSR count). The van der Waals surface area contributed by atoms with Gasteiger partial charge in [0.2, 0.25) is 0 Å². The average molecular weight is 473 g/mol. The summed E-state index contributed by atoms with van der Waals surface area (Å²) >= 11 is 0. The summed E-state index contributed by atoms with van der Waals surface area (Å²) in [5, 5.41) is 5.00. The van der Waals surface area contributed by atoms with Crippen LogP contribution in [-0.2, 0) is 10.9 Å². The minimum absolute atomic E-state index is 0.0335. The molecule has 2 N–H and O–H groups in total. The number of morpholine rings is 1. The maximum atomic E-state index is 12.8. The van der Waals surface area contributed by atoms with E-state index < -0.39 is 17.8 Å². The van der Waals surface area contributed by atoms with Crippen LogP contribution in [0.5, 0.6) is 5.75 Å². The lowest BCUT2D eigenvalue weighted by Crippen LogP contribution is -2.37. The molecule has 34 heavy (non-hydrogen) atoms. The topological polar surface area (TPSA) is 88.6 Å². The molecular weight excluding hydrogens is 451 g/mol. The largest absolute Gasteiger partial charge is 0.491 e. The SMILES string of the molecule is COc1cnc(-c2ccc(NC(=O)Nc3cccc(C(F)(F)F)c3)cc2)nc1N1CCOCC1. The van der Waals surface area contributed by atoms with Crippen LogP contribution >= 0.6 is 0 Å². The van der Waals surface area contributed by atoms with Crippen molar-refractivity contribution in [3.63, 3.8) is 0 Å². The standard InChI is InChI=1S/C23H22F3N5O3/c1-33-19-14-27-20(30-21(19)31-9-11-34-12-10-31)15-5-7-17(8-6-15)28-22(32)29-18-4-2-3-16(13-18)23(24,25)26/h2-8,13-14H,9-12H2,1H3,(H2,28,29,32). The highest BCUT2D eigenvalue weighted by atomic mass is 19.4. The second-order valence-electron chi connectivity index (χ2n) is 7.42. The third-order valence-corrected chi connectivity index (χ3v) is 5.12. The van der Waals surface area contributed by atoms with Gasteiger partial charge in [-0.15, -0.1) is 0 Å². The fraction of sp³-hybridized carbons (Fsp3) is 0.261. The molecule has 1 aromatic heterocycles. The van der Waals surface area contributed by atoms with Gasteiger partial charge < -0.3 is 25.0 Å². The predicted octanol–water partition coefficient (Wildman–Crippen LogP) is 4.65. The van der Waals surface area contributed by atoms with Crippen LogP contribution in [0.4, 0.5) is 35.2 Å². The quantitative estimate of drug-likeness (QED) is 0.561. The lowest BCUT2D eigenvalue weighted by Gasteiger charge is -2.28. The monoisotopic (exact) mass is 473 g/mol. The number of amides is 2. The summed E-state index contributed by atoms with van der Waals surface area (Å²) in [6.45, 7) is 2.59. The molecule has 0 atom stereocenters. The van der Waals surface area contributed by atoms with Crippen molar-refractivity contribution in [3.05, 3.63) is 60.3 Å². The maximum absolute atomic E-state index is 12.8. The van der Waals surface area contributed by atoms with Gasteiger partial charge in [-0.3, -0.25) is 0 Å². The Kier molecular flexibility index (Phi) is 6.82. The Morgan fingerprint density at radius 3 is 2.44 bits per heavy atom. The number of anilines is 3. The highest BCUT2D eigenvalue weighted by Crippen LogP contribution is 2.31. The first-order chi connectivity index (χ1) is 16.3. The van der Waals surface area contributed by atoms with Crippen LogP contribution in [-0.4, -0.2) is 49.4 Å². The number of aromatic nitrogens is 2. The smallest absolute Gasteiger partial charge is 0.416 e. The van der Waals surface area contributed by atoms with Gasteiger partial charge in [-0.25, -0.2) is 14.8 Å². The van der Waals surface area contributed by atoms with Gasteiger partial charge in [0.1, 0.15) is 0 Å². The van der Waals surface area contributed by atoms with E-state index in [-0.39, 0.29) is 5.69 Å². The van der Waals surface area contributed by atoms with E-state index in [4.69, 9.17) is 9.47 Å². The van der Waals surface area contributed by atoms with Crippen LogP contribution in [0.25, 0.3) is 11.4 Å². The molecule has 1 aliphatic rings. The lowest BCUT2D eigenvalue weighted by atomic mass is 10.2. The summed E-state index contributed by atoms with van der Waals surface area (Å²) in [6.07, 6.45) is -2.88. The summed E-state index contributed by atoms with van der Waals surface area (Å²) in [5.74, 6) is 1.73. The van der Waals surface area contributed by atoms with E-state index in [0.29, 0.717) is 49.4 Å². The molecule has 178 valence electrons. The number of carbonyl (C=O) groups is 1. The van der Waals surface area contributed by atoms with Crippen LogP contribution in [0.1, 0.15) is 5.56 Å². The Balaban J connectivity index is 1.45. The van der Waals surface area contributed by atoms with Crippen molar-refractivity contribution in [2.24, 2.45) is 0 Å². The number of hydrogen-bond acceptors (Lipinski definition) is 6. The Morgan fingerprint density at radius 2 is 1.76 bits per heavy atom. The van der Waals surface area contributed by atoms with Gasteiger partial charge in [0, 0.05) is 30.0 Å². The third kappa shape index (κ3) is 5.54. The van der Waals surface area contributed by atoms with E-state index in [0.717, 1.165) is 17.7 Å². The number of methoxy groups -OCH3 is 1. The summed E-state index contributed by atoms with van der Waals surface area (Å²) in [7, 11) is 1.56. The highest BCUT2D eigenvalue weighted by molar-refractivity contribution is 5.99. The molecule has 0 spiro atoms. The lowest BCUT2D eigenvalue weighted by molar-refractivity contribution is -0.137. The number of rotatable bonds is 5. The molecule has 2 aromatic carbocycles. The van der Waals surface area contributed by atoms with E-state index >= 15 is 0 Å². The minimum atomic E-state index is -4.49.